The Bertz CT molecular complexity index is 351. The molecule has 0 radical (unpaired) electrons. The molecule has 0 bridgehead atoms. The van der Waals surface area contributed by atoms with Gasteiger partial charge < -0.3 is 10.1 Å². The van der Waals surface area contributed by atoms with E-state index in [1.54, 1.807) is 7.11 Å². The summed E-state index contributed by atoms with van der Waals surface area (Å²) in [5, 5.41) is 3.58. The maximum absolute atomic E-state index is 5.17. The monoisotopic (exact) mass is 291 g/mol. The molecule has 0 spiro atoms. The van der Waals surface area contributed by atoms with Crippen LogP contribution >= 0.6 is 0 Å². The summed E-state index contributed by atoms with van der Waals surface area (Å²) in [6.45, 7) is 4.14. The van der Waals surface area contributed by atoms with E-state index in [1.165, 1.54) is 62.6 Å². The molecule has 1 aromatic carbocycles. The summed E-state index contributed by atoms with van der Waals surface area (Å²) in [7, 11) is 1.76. The summed E-state index contributed by atoms with van der Waals surface area (Å²) < 4.78 is 5.17. The highest BCUT2D eigenvalue weighted by Crippen LogP contribution is 2.16. The molecule has 0 atom stereocenters. The molecular weight excluding hydrogens is 258 g/mol. The minimum Gasteiger partial charge on any atom is -0.385 e. The second-order valence-corrected chi connectivity index (χ2v) is 5.80. The van der Waals surface area contributed by atoms with Crippen LogP contribution in [0.5, 0.6) is 0 Å². The first-order chi connectivity index (χ1) is 10.4. The maximum atomic E-state index is 5.17. The van der Waals surface area contributed by atoms with Crippen LogP contribution in [0.15, 0.2) is 24.3 Å². The van der Waals surface area contributed by atoms with Crippen molar-refractivity contribution >= 4 is 5.69 Å². The Morgan fingerprint density at radius 3 is 2.29 bits per heavy atom. The average molecular weight is 291 g/mol. The molecule has 0 fully saturated rings. The van der Waals surface area contributed by atoms with E-state index in [2.05, 4.69) is 36.5 Å². The minimum atomic E-state index is 0.788. The van der Waals surface area contributed by atoms with Gasteiger partial charge in [-0.15, -0.1) is 0 Å². The van der Waals surface area contributed by atoms with Crippen molar-refractivity contribution in [3.05, 3.63) is 29.8 Å². The van der Waals surface area contributed by atoms with Gasteiger partial charge in [-0.3, -0.25) is 0 Å². The van der Waals surface area contributed by atoms with E-state index >= 15 is 0 Å². The Morgan fingerprint density at radius 1 is 0.905 bits per heavy atom. The predicted octanol–water partition coefficient (Wildman–Crippen LogP) is 5.43. The van der Waals surface area contributed by atoms with Gasteiger partial charge >= 0.3 is 0 Å². The summed E-state index contributed by atoms with van der Waals surface area (Å²) in [6.07, 6.45) is 12.0. The zero-order valence-electron chi connectivity index (χ0n) is 14.0. The smallest absolute Gasteiger partial charge is 0.0503 e. The zero-order chi connectivity index (χ0) is 15.2. The molecule has 0 aliphatic heterocycles. The van der Waals surface area contributed by atoms with E-state index in [4.69, 9.17) is 4.74 Å². The maximum Gasteiger partial charge on any atom is 0.0503 e. The number of anilines is 1. The molecule has 1 N–H and O–H groups in total. The Labute approximate surface area is 131 Å². The fourth-order valence-corrected chi connectivity index (χ4v) is 2.60. The topological polar surface area (TPSA) is 21.3 Å². The highest BCUT2D eigenvalue weighted by molar-refractivity contribution is 5.51. The molecule has 21 heavy (non-hydrogen) atoms. The number of hydrogen-bond donors (Lipinski definition) is 1. The molecule has 120 valence electrons. The highest BCUT2D eigenvalue weighted by atomic mass is 16.5. The molecule has 0 saturated heterocycles. The van der Waals surface area contributed by atoms with Crippen LogP contribution in [-0.4, -0.2) is 20.3 Å². The van der Waals surface area contributed by atoms with Gasteiger partial charge in [0.15, 0.2) is 0 Å². The molecule has 1 aromatic rings. The van der Waals surface area contributed by atoms with Gasteiger partial charge in [0.1, 0.15) is 0 Å². The SMILES string of the molecule is CCCCCCCCCCNc1ccccc1CCOC. The standard InChI is InChI=1S/C19H33NO/c1-3-4-5-6-7-8-9-12-16-20-19-14-11-10-13-18(19)15-17-21-2/h10-11,13-14,20H,3-9,12,15-17H2,1-2H3. The van der Waals surface area contributed by atoms with Crippen LogP contribution in [0.25, 0.3) is 0 Å². The summed E-state index contributed by atoms with van der Waals surface area (Å²) in [5.74, 6) is 0. The normalized spacial score (nSPS) is 10.8. The van der Waals surface area contributed by atoms with Crippen molar-refractivity contribution in [3.8, 4) is 0 Å². The third kappa shape index (κ3) is 8.77. The van der Waals surface area contributed by atoms with E-state index in [-0.39, 0.29) is 0 Å². The first-order valence-electron chi connectivity index (χ1n) is 8.69. The van der Waals surface area contributed by atoms with Gasteiger partial charge in [-0.05, 0) is 24.5 Å². The third-order valence-electron chi connectivity index (χ3n) is 3.94. The van der Waals surface area contributed by atoms with Crippen molar-refractivity contribution in [2.75, 3.05) is 25.6 Å². The molecule has 2 heteroatoms. The number of hydrogen-bond acceptors (Lipinski definition) is 2. The summed E-state index contributed by atoms with van der Waals surface area (Å²) in [6, 6.07) is 8.57. The lowest BCUT2D eigenvalue weighted by molar-refractivity contribution is 0.202. The quantitative estimate of drug-likeness (QED) is 0.489. The lowest BCUT2D eigenvalue weighted by atomic mass is 10.1. The number of rotatable bonds is 13. The van der Waals surface area contributed by atoms with E-state index in [0.717, 1.165) is 19.6 Å². The van der Waals surface area contributed by atoms with Gasteiger partial charge in [-0.2, -0.15) is 0 Å². The molecule has 2 nitrogen and oxygen atoms in total. The number of unbranched alkanes of at least 4 members (excludes halogenated alkanes) is 7. The Hall–Kier alpha value is -1.02. The Balaban J connectivity index is 2.09. The van der Waals surface area contributed by atoms with Gasteiger partial charge in [0.05, 0.1) is 6.61 Å². The van der Waals surface area contributed by atoms with Gasteiger partial charge in [0.2, 0.25) is 0 Å². The Morgan fingerprint density at radius 2 is 1.57 bits per heavy atom. The van der Waals surface area contributed by atoms with Crippen LogP contribution in [0, 0.1) is 0 Å². The van der Waals surface area contributed by atoms with Crippen LogP contribution in [0.4, 0.5) is 5.69 Å². The zero-order valence-corrected chi connectivity index (χ0v) is 14.0. The van der Waals surface area contributed by atoms with Crippen molar-refractivity contribution in [1.82, 2.24) is 0 Å². The van der Waals surface area contributed by atoms with Gasteiger partial charge in [0, 0.05) is 19.3 Å². The van der Waals surface area contributed by atoms with Gasteiger partial charge in [-0.25, -0.2) is 0 Å². The second kappa shape index (κ2) is 12.7. The van der Waals surface area contributed by atoms with E-state index in [1.807, 2.05) is 0 Å². The minimum absolute atomic E-state index is 0.788. The summed E-state index contributed by atoms with van der Waals surface area (Å²) in [4.78, 5) is 0. The Kier molecular flexibility index (Phi) is 10.9. The molecule has 0 amide bonds. The largest absolute Gasteiger partial charge is 0.385 e. The molecule has 1 rings (SSSR count). The van der Waals surface area contributed by atoms with Crippen LogP contribution in [0.3, 0.4) is 0 Å². The average Bonchev–Trinajstić information content (AvgIpc) is 2.52. The van der Waals surface area contributed by atoms with Crippen LogP contribution in [-0.2, 0) is 11.2 Å². The fraction of sp³-hybridized carbons (Fsp3) is 0.684. The van der Waals surface area contributed by atoms with E-state index in [0.29, 0.717) is 0 Å². The predicted molar refractivity (Wildman–Crippen MR) is 93.1 cm³/mol. The summed E-state index contributed by atoms with van der Waals surface area (Å²) in [5.41, 5.74) is 2.64. The number of para-hydroxylation sites is 1. The molecule has 0 saturated carbocycles. The van der Waals surface area contributed by atoms with Crippen molar-refractivity contribution in [2.24, 2.45) is 0 Å². The van der Waals surface area contributed by atoms with Crippen LogP contribution < -0.4 is 5.32 Å². The third-order valence-corrected chi connectivity index (χ3v) is 3.94. The molecule has 0 aliphatic rings. The summed E-state index contributed by atoms with van der Waals surface area (Å²) >= 11 is 0. The fourth-order valence-electron chi connectivity index (χ4n) is 2.60. The van der Waals surface area contributed by atoms with Crippen LogP contribution in [0.1, 0.15) is 63.9 Å². The number of benzene rings is 1. The first-order valence-corrected chi connectivity index (χ1v) is 8.69. The molecule has 0 aliphatic carbocycles. The first kappa shape index (κ1) is 18.0. The van der Waals surface area contributed by atoms with Crippen molar-refractivity contribution in [1.29, 1.82) is 0 Å². The lowest BCUT2D eigenvalue weighted by Crippen LogP contribution is -2.05. The van der Waals surface area contributed by atoms with E-state index < -0.39 is 0 Å². The highest BCUT2D eigenvalue weighted by Gasteiger charge is 2.00. The molecule has 0 heterocycles. The van der Waals surface area contributed by atoms with Gasteiger partial charge in [0.25, 0.3) is 0 Å². The number of ether oxygens (including phenoxy) is 1. The van der Waals surface area contributed by atoms with E-state index in [9.17, 15) is 0 Å². The van der Waals surface area contributed by atoms with Crippen molar-refractivity contribution in [3.63, 3.8) is 0 Å². The molecule has 0 unspecified atom stereocenters. The molecular formula is C19H33NO. The van der Waals surface area contributed by atoms with Crippen molar-refractivity contribution < 1.29 is 4.74 Å². The van der Waals surface area contributed by atoms with Gasteiger partial charge in [-0.1, -0.05) is 70.1 Å². The lowest BCUT2D eigenvalue weighted by Gasteiger charge is -2.11. The van der Waals surface area contributed by atoms with Crippen LogP contribution in [0.2, 0.25) is 0 Å². The van der Waals surface area contributed by atoms with Crippen molar-refractivity contribution in [2.45, 2.75) is 64.7 Å². The number of methoxy groups -OCH3 is 1. The molecule has 0 aromatic heterocycles. The second-order valence-electron chi connectivity index (χ2n) is 5.80. The number of nitrogens with one attached hydrogen (secondary N) is 1.